The van der Waals surface area contributed by atoms with Crippen molar-refractivity contribution in [1.82, 2.24) is 0 Å². The number of ether oxygens (including phenoxy) is 3. The summed E-state index contributed by atoms with van der Waals surface area (Å²) in [5, 5.41) is 0. The molecule has 2 rings (SSSR count). The molecule has 0 saturated carbocycles. The van der Waals surface area contributed by atoms with Gasteiger partial charge in [-0.2, -0.15) is 0 Å². The summed E-state index contributed by atoms with van der Waals surface area (Å²) >= 11 is 0. The van der Waals surface area contributed by atoms with Crippen molar-refractivity contribution in [1.29, 1.82) is 0 Å². The van der Waals surface area contributed by atoms with E-state index in [0.29, 0.717) is 47.0 Å². The third kappa shape index (κ3) is 5.82. The van der Waals surface area contributed by atoms with Gasteiger partial charge in [0.15, 0.2) is 0 Å². The Bertz CT molecular complexity index is 878. The van der Waals surface area contributed by atoms with Crippen LogP contribution in [-0.2, 0) is 22.4 Å². The number of hydrogen-bond acceptors (Lipinski definition) is 5. The standard InChI is InChI=1S/C24H26O5/c1-7-17-13-19(27-23(25)15(3)4)9-11-21(17)29-22-12-10-20(14-18(22)8-2)28-24(26)16(5)6/h9-14H,3,5,7-8H2,1-2,4,6H3. The summed E-state index contributed by atoms with van der Waals surface area (Å²) in [6, 6.07) is 10.5. The highest BCUT2D eigenvalue weighted by Crippen LogP contribution is 2.33. The topological polar surface area (TPSA) is 61.8 Å². The highest BCUT2D eigenvalue weighted by Gasteiger charge is 2.13. The van der Waals surface area contributed by atoms with E-state index in [-0.39, 0.29) is 0 Å². The molecule has 2 aromatic rings. The zero-order valence-electron chi connectivity index (χ0n) is 17.3. The van der Waals surface area contributed by atoms with Crippen LogP contribution in [0.3, 0.4) is 0 Å². The lowest BCUT2D eigenvalue weighted by Crippen LogP contribution is -2.09. The Morgan fingerprint density at radius 1 is 0.759 bits per heavy atom. The predicted octanol–water partition coefficient (Wildman–Crippen LogP) is 5.57. The molecular formula is C24H26O5. The predicted molar refractivity (Wildman–Crippen MR) is 113 cm³/mol. The molecule has 0 N–H and O–H groups in total. The fourth-order valence-corrected chi connectivity index (χ4v) is 2.50. The number of esters is 2. The van der Waals surface area contributed by atoms with Crippen molar-refractivity contribution in [2.45, 2.75) is 40.5 Å². The van der Waals surface area contributed by atoms with Gasteiger partial charge in [0.25, 0.3) is 0 Å². The van der Waals surface area contributed by atoms with Gasteiger partial charge >= 0.3 is 11.9 Å². The van der Waals surface area contributed by atoms with Crippen molar-refractivity contribution in [3.8, 4) is 23.0 Å². The van der Waals surface area contributed by atoms with Gasteiger partial charge < -0.3 is 14.2 Å². The maximum absolute atomic E-state index is 11.7. The van der Waals surface area contributed by atoms with Crippen molar-refractivity contribution in [3.05, 3.63) is 71.8 Å². The van der Waals surface area contributed by atoms with Gasteiger partial charge in [-0.05, 0) is 74.2 Å². The van der Waals surface area contributed by atoms with E-state index in [9.17, 15) is 9.59 Å². The number of carbonyl (C=O) groups excluding carboxylic acids is 2. The van der Waals surface area contributed by atoms with E-state index in [1.54, 1.807) is 50.2 Å². The molecule has 0 amide bonds. The normalized spacial score (nSPS) is 10.2. The summed E-state index contributed by atoms with van der Waals surface area (Å²) in [5.41, 5.74) is 2.47. The van der Waals surface area contributed by atoms with Crippen LogP contribution in [0.15, 0.2) is 60.7 Å². The van der Waals surface area contributed by atoms with Crippen molar-refractivity contribution in [2.24, 2.45) is 0 Å². The molecule has 0 aliphatic carbocycles. The minimum Gasteiger partial charge on any atom is -0.457 e. The summed E-state index contributed by atoms with van der Waals surface area (Å²) in [7, 11) is 0. The Morgan fingerprint density at radius 3 is 1.45 bits per heavy atom. The van der Waals surface area contributed by atoms with Crippen LogP contribution in [0.25, 0.3) is 0 Å². The molecule has 0 bridgehead atoms. The van der Waals surface area contributed by atoms with Gasteiger partial charge in [-0.1, -0.05) is 27.0 Å². The molecule has 29 heavy (non-hydrogen) atoms. The molecule has 5 nitrogen and oxygen atoms in total. The van der Waals surface area contributed by atoms with Crippen molar-refractivity contribution in [2.75, 3.05) is 0 Å². The maximum Gasteiger partial charge on any atom is 0.338 e. The summed E-state index contributed by atoms with van der Waals surface area (Å²) in [5.74, 6) is 1.30. The lowest BCUT2D eigenvalue weighted by atomic mass is 10.1. The van der Waals surface area contributed by atoms with Gasteiger partial charge in [-0.3, -0.25) is 0 Å². The molecule has 2 aromatic carbocycles. The van der Waals surface area contributed by atoms with E-state index in [2.05, 4.69) is 13.2 Å². The number of benzene rings is 2. The van der Waals surface area contributed by atoms with Gasteiger partial charge in [0.2, 0.25) is 0 Å². The Labute approximate surface area is 171 Å². The van der Waals surface area contributed by atoms with Crippen LogP contribution >= 0.6 is 0 Å². The van der Waals surface area contributed by atoms with E-state index in [0.717, 1.165) is 11.1 Å². The summed E-state index contributed by atoms with van der Waals surface area (Å²) in [4.78, 5) is 23.5. The average Bonchev–Trinajstić information content (AvgIpc) is 2.69. The smallest absolute Gasteiger partial charge is 0.338 e. The van der Waals surface area contributed by atoms with Gasteiger partial charge in [0.1, 0.15) is 23.0 Å². The first-order chi connectivity index (χ1) is 13.7. The lowest BCUT2D eigenvalue weighted by Gasteiger charge is -2.15. The fourth-order valence-electron chi connectivity index (χ4n) is 2.50. The molecule has 0 fully saturated rings. The first kappa shape index (κ1) is 22.0. The molecule has 0 saturated heterocycles. The van der Waals surface area contributed by atoms with Crippen molar-refractivity contribution in [3.63, 3.8) is 0 Å². The maximum atomic E-state index is 11.7. The van der Waals surface area contributed by atoms with E-state index in [1.807, 2.05) is 13.8 Å². The van der Waals surface area contributed by atoms with E-state index in [1.165, 1.54) is 0 Å². The van der Waals surface area contributed by atoms with Gasteiger partial charge in [0, 0.05) is 11.1 Å². The van der Waals surface area contributed by atoms with Crippen LogP contribution < -0.4 is 14.2 Å². The molecule has 0 atom stereocenters. The minimum absolute atomic E-state index is 0.336. The molecule has 0 aliphatic rings. The van der Waals surface area contributed by atoms with Gasteiger partial charge in [0.05, 0.1) is 0 Å². The monoisotopic (exact) mass is 394 g/mol. The van der Waals surface area contributed by atoms with E-state index in [4.69, 9.17) is 14.2 Å². The molecule has 5 heteroatoms. The number of rotatable bonds is 8. The number of aryl methyl sites for hydroxylation is 2. The third-order valence-electron chi connectivity index (χ3n) is 4.16. The molecule has 0 aliphatic heterocycles. The SMILES string of the molecule is C=C(C)C(=O)Oc1ccc(Oc2ccc(OC(=O)C(=C)C)cc2CC)c(CC)c1. The highest BCUT2D eigenvalue weighted by atomic mass is 16.5. The fraction of sp³-hybridized carbons (Fsp3) is 0.250. The zero-order valence-corrected chi connectivity index (χ0v) is 17.3. The molecule has 0 radical (unpaired) electrons. The largest absolute Gasteiger partial charge is 0.457 e. The second-order valence-corrected chi connectivity index (χ2v) is 6.69. The first-order valence-corrected chi connectivity index (χ1v) is 9.44. The molecule has 0 unspecified atom stereocenters. The summed E-state index contributed by atoms with van der Waals surface area (Å²) in [6.07, 6.45) is 1.40. The quantitative estimate of drug-likeness (QED) is 0.333. The van der Waals surface area contributed by atoms with Crippen LogP contribution in [0.4, 0.5) is 0 Å². The van der Waals surface area contributed by atoms with Gasteiger partial charge in [-0.25, -0.2) is 9.59 Å². The van der Waals surface area contributed by atoms with Crippen molar-refractivity contribution < 1.29 is 23.8 Å². The van der Waals surface area contributed by atoms with Gasteiger partial charge in [-0.15, -0.1) is 0 Å². The van der Waals surface area contributed by atoms with Crippen LogP contribution in [0, 0.1) is 0 Å². The Balaban J connectivity index is 2.26. The first-order valence-electron chi connectivity index (χ1n) is 9.44. The highest BCUT2D eigenvalue weighted by molar-refractivity contribution is 5.89. The van der Waals surface area contributed by atoms with Crippen LogP contribution in [-0.4, -0.2) is 11.9 Å². The number of carbonyl (C=O) groups is 2. The average molecular weight is 394 g/mol. The zero-order chi connectivity index (χ0) is 21.6. The molecule has 0 aromatic heterocycles. The summed E-state index contributed by atoms with van der Waals surface area (Å²) in [6.45, 7) is 14.4. The molecule has 152 valence electrons. The Hall–Kier alpha value is -3.34. The summed E-state index contributed by atoms with van der Waals surface area (Å²) < 4.78 is 16.7. The number of hydrogen-bond donors (Lipinski definition) is 0. The lowest BCUT2D eigenvalue weighted by molar-refractivity contribution is -0.130. The third-order valence-corrected chi connectivity index (χ3v) is 4.16. The Kier molecular flexibility index (Phi) is 7.37. The Morgan fingerprint density at radius 2 is 1.14 bits per heavy atom. The van der Waals surface area contributed by atoms with Crippen molar-refractivity contribution >= 4 is 11.9 Å². The minimum atomic E-state index is -0.464. The van der Waals surface area contributed by atoms with E-state index < -0.39 is 11.9 Å². The van der Waals surface area contributed by atoms with E-state index >= 15 is 0 Å². The van der Waals surface area contributed by atoms with Crippen LogP contribution in [0.2, 0.25) is 0 Å². The molecule has 0 spiro atoms. The second-order valence-electron chi connectivity index (χ2n) is 6.69. The second kappa shape index (κ2) is 9.73. The molecular weight excluding hydrogens is 368 g/mol. The van der Waals surface area contributed by atoms with Crippen LogP contribution in [0.5, 0.6) is 23.0 Å². The molecule has 0 heterocycles. The van der Waals surface area contributed by atoms with Crippen LogP contribution in [0.1, 0.15) is 38.8 Å².